The number of rotatable bonds is 10. The molecular weight excluding hydrogens is 456 g/mol. The molecule has 1 aromatic rings. The Morgan fingerprint density at radius 2 is 1.74 bits per heavy atom. The summed E-state index contributed by atoms with van der Waals surface area (Å²) in [7, 11) is -3.53. The number of ether oxygens (including phenoxy) is 1. The summed E-state index contributed by atoms with van der Waals surface area (Å²) in [6, 6.07) is 6.20. The van der Waals surface area contributed by atoms with E-state index >= 15 is 0 Å². The van der Waals surface area contributed by atoms with E-state index in [1.165, 1.54) is 0 Å². The fourth-order valence-corrected chi connectivity index (χ4v) is 5.49. The summed E-state index contributed by atoms with van der Waals surface area (Å²) < 4.78 is 33.0. The van der Waals surface area contributed by atoms with E-state index < -0.39 is 16.1 Å². The Balaban J connectivity index is 1.34. The van der Waals surface area contributed by atoms with Crippen molar-refractivity contribution >= 4 is 21.8 Å². The fraction of sp³-hybridized carbons (Fsp3) is 0.667. The fourth-order valence-electron chi connectivity index (χ4n) is 4.37. The number of nitrogens with zero attached hydrogens (tertiary/aromatic N) is 1. The Morgan fingerprint density at radius 1 is 1.09 bits per heavy atom. The van der Waals surface area contributed by atoms with Gasteiger partial charge in [0, 0.05) is 38.6 Å². The van der Waals surface area contributed by atoms with Crippen molar-refractivity contribution in [2.45, 2.75) is 50.5 Å². The summed E-state index contributed by atoms with van der Waals surface area (Å²) >= 11 is 0. The Hall–Kier alpha value is -2.01. The van der Waals surface area contributed by atoms with Crippen molar-refractivity contribution in [2.75, 3.05) is 45.9 Å². The molecule has 1 aliphatic carbocycles. The Bertz CT molecular complexity index is 908. The van der Waals surface area contributed by atoms with Crippen LogP contribution in [0.15, 0.2) is 29.2 Å². The van der Waals surface area contributed by atoms with Gasteiger partial charge in [0.1, 0.15) is 6.04 Å². The molecule has 1 aromatic carbocycles. The van der Waals surface area contributed by atoms with Crippen LogP contribution in [0.1, 0.15) is 38.2 Å². The Kier molecular flexibility index (Phi) is 9.87. The average Bonchev–Trinajstić information content (AvgIpc) is 2.84. The second-order valence-corrected chi connectivity index (χ2v) is 11.1. The first kappa shape index (κ1) is 26.6. The van der Waals surface area contributed by atoms with Crippen LogP contribution in [-0.4, -0.2) is 77.1 Å². The molecule has 0 bridgehead atoms. The largest absolute Gasteiger partial charge is 0.379 e. The number of amides is 2. The SMILES string of the molecule is Cc1ccc(S(=O)(=O)NCC2CCC(C(=O)N[C@H](C)C(=O)NCCN3CCOCC3)CC2)cc1. The van der Waals surface area contributed by atoms with Crippen molar-refractivity contribution in [3.63, 3.8) is 0 Å². The summed E-state index contributed by atoms with van der Waals surface area (Å²) in [5, 5.41) is 5.73. The molecule has 0 unspecified atom stereocenters. The summed E-state index contributed by atoms with van der Waals surface area (Å²) in [6.45, 7) is 8.49. The number of carbonyl (C=O) groups excluding carboxylic acids is 2. The molecule has 1 saturated heterocycles. The zero-order chi connectivity index (χ0) is 24.6. The molecule has 0 spiro atoms. The van der Waals surface area contributed by atoms with E-state index in [1.807, 2.05) is 6.92 Å². The highest BCUT2D eigenvalue weighted by Gasteiger charge is 2.29. The van der Waals surface area contributed by atoms with Gasteiger partial charge in [0.05, 0.1) is 18.1 Å². The predicted octanol–water partition coefficient (Wildman–Crippen LogP) is 1.03. The number of carbonyl (C=O) groups is 2. The molecule has 2 aliphatic rings. The number of hydrogen-bond acceptors (Lipinski definition) is 6. The molecule has 2 amide bonds. The molecule has 3 rings (SSSR count). The van der Waals surface area contributed by atoms with Crippen molar-refractivity contribution in [1.29, 1.82) is 0 Å². The molecule has 10 heteroatoms. The molecule has 190 valence electrons. The zero-order valence-corrected chi connectivity index (χ0v) is 21.0. The van der Waals surface area contributed by atoms with Crippen molar-refractivity contribution in [3.05, 3.63) is 29.8 Å². The minimum Gasteiger partial charge on any atom is -0.379 e. The highest BCUT2D eigenvalue weighted by Crippen LogP contribution is 2.29. The van der Waals surface area contributed by atoms with Gasteiger partial charge in [0.15, 0.2) is 0 Å². The van der Waals surface area contributed by atoms with Crippen molar-refractivity contribution in [3.8, 4) is 0 Å². The molecule has 1 atom stereocenters. The van der Waals surface area contributed by atoms with Crippen LogP contribution in [-0.2, 0) is 24.3 Å². The molecule has 1 heterocycles. The van der Waals surface area contributed by atoms with Crippen molar-refractivity contribution < 1.29 is 22.7 Å². The smallest absolute Gasteiger partial charge is 0.242 e. The van der Waals surface area contributed by atoms with E-state index in [0.29, 0.717) is 25.9 Å². The van der Waals surface area contributed by atoms with Crippen LogP contribution in [0, 0.1) is 18.8 Å². The number of hydrogen-bond donors (Lipinski definition) is 3. The first-order valence-corrected chi connectivity index (χ1v) is 13.7. The third kappa shape index (κ3) is 8.04. The molecule has 0 radical (unpaired) electrons. The molecule has 3 N–H and O–H groups in total. The first-order chi connectivity index (χ1) is 16.2. The summed E-state index contributed by atoms with van der Waals surface area (Å²) in [5.74, 6) is -0.228. The number of benzene rings is 1. The lowest BCUT2D eigenvalue weighted by Gasteiger charge is -2.29. The molecule has 1 saturated carbocycles. The highest BCUT2D eigenvalue weighted by atomic mass is 32.2. The second kappa shape index (κ2) is 12.6. The van der Waals surface area contributed by atoms with Crippen LogP contribution in [0.25, 0.3) is 0 Å². The maximum absolute atomic E-state index is 12.6. The van der Waals surface area contributed by atoms with Crippen LogP contribution in [0.2, 0.25) is 0 Å². The second-order valence-electron chi connectivity index (χ2n) is 9.36. The topological polar surface area (TPSA) is 117 Å². The van der Waals surface area contributed by atoms with Gasteiger partial charge in [-0.05, 0) is 57.6 Å². The maximum Gasteiger partial charge on any atom is 0.242 e. The van der Waals surface area contributed by atoms with Gasteiger partial charge in [-0.2, -0.15) is 0 Å². The Labute approximate surface area is 203 Å². The lowest BCUT2D eigenvalue weighted by Crippen LogP contribution is -2.49. The van der Waals surface area contributed by atoms with Gasteiger partial charge >= 0.3 is 0 Å². The van der Waals surface area contributed by atoms with E-state index in [9.17, 15) is 18.0 Å². The monoisotopic (exact) mass is 494 g/mol. The van der Waals surface area contributed by atoms with Gasteiger partial charge in [-0.3, -0.25) is 14.5 Å². The van der Waals surface area contributed by atoms with Gasteiger partial charge in [-0.25, -0.2) is 13.1 Å². The van der Waals surface area contributed by atoms with E-state index in [-0.39, 0.29) is 28.5 Å². The predicted molar refractivity (Wildman–Crippen MR) is 130 cm³/mol. The molecular formula is C24H38N4O5S. The molecule has 0 aromatic heterocycles. The third-order valence-corrected chi connectivity index (χ3v) is 8.13. The van der Waals surface area contributed by atoms with Crippen LogP contribution >= 0.6 is 0 Å². The zero-order valence-electron chi connectivity index (χ0n) is 20.2. The van der Waals surface area contributed by atoms with Crippen molar-refractivity contribution in [1.82, 2.24) is 20.3 Å². The van der Waals surface area contributed by atoms with E-state index in [0.717, 1.165) is 51.3 Å². The van der Waals surface area contributed by atoms with Gasteiger partial charge in [-0.15, -0.1) is 0 Å². The van der Waals surface area contributed by atoms with Crippen LogP contribution in [0.4, 0.5) is 0 Å². The van der Waals surface area contributed by atoms with Crippen LogP contribution in [0.5, 0.6) is 0 Å². The lowest BCUT2D eigenvalue weighted by molar-refractivity contribution is -0.131. The van der Waals surface area contributed by atoms with E-state index in [4.69, 9.17) is 4.74 Å². The van der Waals surface area contributed by atoms with Gasteiger partial charge in [0.2, 0.25) is 21.8 Å². The number of nitrogens with one attached hydrogen (secondary N) is 3. The normalized spacial score (nSPS) is 22.6. The summed E-state index contributed by atoms with van der Waals surface area (Å²) in [4.78, 5) is 27.5. The number of sulfonamides is 1. The van der Waals surface area contributed by atoms with Crippen LogP contribution < -0.4 is 15.4 Å². The molecule has 2 fully saturated rings. The minimum absolute atomic E-state index is 0.102. The average molecular weight is 495 g/mol. The molecule has 34 heavy (non-hydrogen) atoms. The van der Waals surface area contributed by atoms with Crippen LogP contribution in [0.3, 0.4) is 0 Å². The van der Waals surface area contributed by atoms with Gasteiger partial charge in [0.25, 0.3) is 0 Å². The molecule has 9 nitrogen and oxygen atoms in total. The number of aryl methyl sites for hydroxylation is 1. The Morgan fingerprint density at radius 3 is 2.38 bits per heavy atom. The molecule has 1 aliphatic heterocycles. The van der Waals surface area contributed by atoms with E-state index in [2.05, 4.69) is 20.3 Å². The lowest BCUT2D eigenvalue weighted by atomic mass is 9.81. The highest BCUT2D eigenvalue weighted by molar-refractivity contribution is 7.89. The quantitative estimate of drug-likeness (QED) is 0.447. The maximum atomic E-state index is 12.6. The van der Waals surface area contributed by atoms with Gasteiger partial charge in [-0.1, -0.05) is 17.7 Å². The van der Waals surface area contributed by atoms with Crippen molar-refractivity contribution in [2.24, 2.45) is 11.8 Å². The minimum atomic E-state index is -3.53. The van der Waals surface area contributed by atoms with Gasteiger partial charge < -0.3 is 15.4 Å². The summed E-state index contributed by atoms with van der Waals surface area (Å²) in [5.41, 5.74) is 1.01. The summed E-state index contributed by atoms with van der Waals surface area (Å²) in [6.07, 6.45) is 2.92. The van der Waals surface area contributed by atoms with E-state index in [1.54, 1.807) is 31.2 Å². The number of morpholine rings is 1. The first-order valence-electron chi connectivity index (χ1n) is 12.2. The third-order valence-electron chi connectivity index (χ3n) is 6.69. The standard InChI is InChI=1S/C24H38N4O5S/c1-18-3-9-22(10-4-18)34(31,32)26-17-20-5-7-21(8-6-20)24(30)27-19(2)23(29)25-11-12-28-13-15-33-16-14-28/h3-4,9-10,19-21,26H,5-8,11-17H2,1-2H3,(H,25,29)(H,27,30)/t19-,20?,21?/m1/s1.